The Morgan fingerprint density at radius 2 is 1.96 bits per heavy atom. The average Bonchev–Trinajstić information content (AvgIpc) is 3.21. The van der Waals surface area contributed by atoms with Gasteiger partial charge in [0.05, 0.1) is 11.2 Å². The molecule has 1 saturated heterocycles. The number of hydrogen-bond donors (Lipinski definition) is 0. The first-order valence-corrected chi connectivity index (χ1v) is 9.12. The summed E-state index contributed by atoms with van der Waals surface area (Å²) in [7, 11) is 0. The molecule has 0 atom stereocenters. The van der Waals surface area contributed by atoms with Crippen molar-refractivity contribution in [2.24, 2.45) is 5.92 Å². The van der Waals surface area contributed by atoms with Gasteiger partial charge in [-0.25, -0.2) is 0 Å². The second kappa shape index (κ2) is 6.59. The lowest BCUT2D eigenvalue weighted by Crippen LogP contribution is -2.35. The largest absolute Gasteiger partial charge is 0.337 e. The molecule has 6 nitrogen and oxygen atoms in total. The molecule has 0 bridgehead atoms. The van der Waals surface area contributed by atoms with Gasteiger partial charge < -0.3 is 9.42 Å². The fraction of sp³-hybridized carbons (Fsp3) is 0.526. The third-order valence-electron chi connectivity index (χ3n) is 4.95. The van der Waals surface area contributed by atoms with Crippen LogP contribution in [-0.2, 0) is 0 Å². The minimum atomic E-state index is 0.354. The van der Waals surface area contributed by atoms with Gasteiger partial charge in [0.15, 0.2) is 0 Å². The molecule has 0 radical (unpaired) electrons. The highest BCUT2D eigenvalue weighted by Crippen LogP contribution is 2.28. The van der Waals surface area contributed by atoms with Crippen LogP contribution >= 0.6 is 0 Å². The summed E-state index contributed by atoms with van der Waals surface area (Å²) in [5.74, 6) is 2.34. The molecule has 0 spiro atoms. The van der Waals surface area contributed by atoms with Gasteiger partial charge in [-0.2, -0.15) is 14.8 Å². The van der Waals surface area contributed by atoms with Crippen molar-refractivity contribution in [3.05, 3.63) is 35.9 Å². The van der Waals surface area contributed by atoms with Crippen LogP contribution in [0.2, 0.25) is 0 Å². The lowest BCUT2D eigenvalue weighted by molar-refractivity contribution is 0.178. The number of benzene rings is 1. The van der Waals surface area contributed by atoms with Gasteiger partial charge in [0.2, 0.25) is 5.89 Å². The normalized spacial score (nSPS) is 17.0. The number of para-hydroxylation sites is 1. The standard InChI is InChI=1S/C19H25N5O/c1-13(2)12-23-10-8-15(9-11-23)18-20-19(22-25-18)24-17-7-5-4-6-16(17)14(3)21-24/h4-7,13,15H,8-12H2,1-3H3. The molecule has 1 fully saturated rings. The first-order valence-electron chi connectivity index (χ1n) is 9.12. The van der Waals surface area contributed by atoms with Crippen LogP contribution in [0.1, 0.15) is 44.2 Å². The van der Waals surface area contributed by atoms with Crippen molar-refractivity contribution in [2.45, 2.75) is 39.5 Å². The number of hydrogen-bond acceptors (Lipinski definition) is 5. The number of aryl methyl sites for hydroxylation is 1. The monoisotopic (exact) mass is 339 g/mol. The molecule has 0 N–H and O–H groups in total. The number of fused-ring (bicyclic) bond motifs is 1. The van der Waals surface area contributed by atoms with Crippen molar-refractivity contribution < 1.29 is 4.52 Å². The van der Waals surface area contributed by atoms with Crippen LogP contribution in [0.15, 0.2) is 28.8 Å². The third-order valence-corrected chi connectivity index (χ3v) is 4.95. The van der Waals surface area contributed by atoms with Gasteiger partial charge in [0, 0.05) is 17.8 Å². The smallest absolute Gasteiger partial charge is 0.291 e. The predicted octanol–water partition coefficient (Wildman–Crippen LogP) is 3.55. The molecule has 6 heteroatoms. The van der Waals surface area contributed by atoms with E-state index in [1.807, 2.05) is 25.1 Å². The lowest BCUT2D eigenvalue weighted by atomic mass is 9.96. The van der Waals surface area contributed by atoms with Gasteiger partial charge in [0.1, 0.15) is 0 Å². The molecule has 0 saturated carbocycles. The Bertz CT molecular complexity index is 858. The summed E-state index contributed by atoms with van der Waals surface area (Å²) in [5.41, 5.74) is 1.99. The van der Waals surface area contributed by atoms with Gasteiger partial charge in [-0.15, -0.1) is 0 Å². The van der Waals surface area contributed by atoms with E-state index in [2.05, 4.69) is 40.1 Å². The van der Waals surface area contributed by atoms with Gasteiger partial charge in [-0.05, 0) is 50.0 Å². The van der Waals surface area contributed by atoms with Crippen LogP contribution in [0.4, 0.5) is 0 Å². The van der Waals surface area contributed by atoms with E-state index in [0.29, 0.717) is 17.8 Å². The Morgan fingerprint density at radius 3 is 2.72 bits per heavy atom. The zero-order chi connectivity index (χ0) is 17.4. The van der Waals surface area contributed by atoms with Crippen LogP contribution in [0.25, 0.3) is 16.9 Å². The summed E-state index contributed by atoms with van der Waals surface area (Å²) < 4.78 is 7.38. The predicted molar refractivity (Wildman–Crippen MR) is 96.9 cm³/mol. The van der Waals surface area contributed by atoms with E-state index < -0.39 is 0 Å². The maximum absolute atomic E-state index is 5.59. The zero-order valence-electron chi connectivity index (χ0n) is 15.1. The molecule has 0 amide bonds. The first kappa shape index (κ1) is 16.3. The van der Waals surface area contributed by atoms with E-state index in [-0.39, 0.29) is 0 Å². The highest BCUT2D eigenvalue weighted by molar-refractivity contribution is 5.82. The number of likely N-dealkylation sites (tertiary alicyclic amines) is 1. The Kier molecular flexibility index (Phi) is 4.29. The molecule has 2 aromatic heterocycles. The minimum Gasteiger partial charge on any atom is -0.337 e. The zero-order valence-corrected chi connectivity index (χ0v) is 15.1. The molecular formula is C19H25N5O. The second-order valence-electron chi connectivity index (χ2n) is 7.42. The van der Waals surface area contributed by atoms with Crippen LogP contribution in [0.3, 0.4) is 0 Å². The fourth-order valence-electron chi connectivity index (χ4n) is 3.73. The van der Waals surface area contributed by atoms with E-state index in [0.717, 1.165) is 48.4 Å². The molecule has 3 aromatic rings. The number of piperidine rings is 1. The summed E-state index contributed by atoms with van der Waals surface area (Å²) in [6.07, 6.45) is 2.15. The van der Waals surface area contributed by atoms with Crippen molar-refractivity contribution in [1.82, 2.24) is 24.8 Å². The van der Waals surface area contributed by atoms with Crippen LogP contribution < -0.4 is 0 Å². The molecule has 1 aliphatic heterocycles. The molecule has 132 valence electrons. The lowest BCUT2D eigenvalue weighted by Gasteiger charge is -2.31. The summed E-state index contributed by atoms with van der Waals surface area (Å²) in [4.78, 5) is 7.19. The first-order chi connectivity index (χ1) is 12.1. The van der Waals surface area contributed by atoms with E-state index in [1.165, 1.54) is 6.54 Å². The molecule has 1 aliphatic rings. The Morgan fingerprint density at radius 1 is 1.20 bits per heavy atom. The van der Waals surface area contributed by atoms with Crippen molar-refractivity contribution in [3.8, 4) is 5.95 Å². The van der Waals surface area contributed by atoms with Gasteiger partial charge in [-0.1, -0.05) is 32.0 Å². The second-order valence-corrected chi connectivity index (χ2v) is 7.42. The highest BCUT2D eigenvalue weighted by atomic mass is 16.5. The summed E-state index contributed by atoms with van der Waals surface area (Å²) in [6, 6.07) is 8.13. The van der Waals surface area contributed by atoms with E-state index in [4.69, 9.17) is 4.52 Å². The molecule has 1 aromatic carbocycles. The van der Waals surface area contributed by atoms with Gasteiger partial charge in [-0.3, -0.25) is 0 Å². The van der Waals surface area contributed by atoms with E-state index in [1.54, 1.807) is 4.68 Å². The average molecular weight is 339 g/mol. The number of nitrogens with zero attached hydrogens (tertiary/aromatic N) is 5. The molecular weight excluding hydrogens is 314 g/mol. The van der Waals surface area contributed by atoms with Crippen molar-refractivity contribution in [2.75, 3.05) is 19.6 Å². The molecule has 3 heterocycles. The number of aromatic nitrogens is 4. The van der Waals surface area contributed by atoms with Gasteiger partial charge in [0.25, 0.3) is 5.95 Å². The Hall–Kier alpha value is -2.21. The van der Waals surface area contributed by atoms with E-state index in [9.17, 15) is 0 Å². The Balaban J connectivity index is 1.53. The fourth-order valence-corrected chi connectivity index (χ4v) is 3.73. The van der Waals surface area contributed by atoms with Crippen LogP contribution in [0.5, 0.6) is 0 Å². The summed E-state index contributed by atoms with van der Waals surface area (Å²) in [6.45, 7) is 9.92. The maximum atomic E-state index is 5.59. The van der Waals surface area contributed by atoms with Crippen molar-refractivity contribution in [1.29, 1.82) is 0 Å². The highest BCUT2D eigenvalue weighted by Gasteiger charge is 2.26. The summed E-state index contributed by atoms with van der Waals surface area (Å²) >= 11 is 0. The van der Waals surface area contributed by atoms with E-state index >= 15 is 0 Å². The maximum Gasteiger partial charge on any atom is 0.291 e. The topological polar surface area (TPSA) is 60.0 Å². The van der Waals surface area contributed by atoms with Gasteiger partial charge >= 0.3 is 0 Å². The van der Waals surface area contributed by atoms with Crippen molar-refractivity contribution in [3.63, 3.8) is 0 Å². The number of rotatable bonds is 4. The van der Waals surface area contributed by atoms with Crippen LogP contribution in [-0.4, -0.2) is 44.5 Å². The summed E-state index contributed by atoms with van der Waals surface area (Å²) in [5, 5.41) is 9.90. The molecule has 0 aliphatic carbocycles. The Labute approximate surface area is 147 Å². The van der Waals surface area contributed by atoms with Crippen molar-refractivity contribution >= 4 is 10.9 Å². The minimum absolute atomic E-state index is 0.354. The molecule has 4 rings (SSSR count). The third kappa shape index (κ3) is 3.18. The molecule has 0 unspecified atom stereocenters. The quantitative estimate of drug-likeness (QED) is 0.727. The molecule has 25 heavy (non-hydrogen) atoms. The SMILES string of the molecule is Cc1nn(-c2noc(C3CCN(CC(C)C)CC3)n2)c2ccccc12. The van der Waals surface area contributed by atoms with Crippen LogP contribution in [0, 0.1) is 12.8 Å².